The first-order valence-corrected chi connectivity index (χ1v) is 6.94. The zero-order valence-electron chi connectivity index (χ0n) is 12.7. The highest BCUT2D eigenvalue weighted by molar-refractivity contribution is 5.57. The van der Waals surface area contributed by atoms with Crippen LogP contribution < -0.4 is 5.73 Å². The number of nitrogens with two attached hydrogens (primary N) is 1. The van der Waals surface area contributed by atoms with E-state index in [4.69, 9.17) is 5.73 Å². The second-order valence-electron chi connectivity index (χ2n) is 4.26. The number of allylic oxidation sites excluding steroid dienone is 3. The third-order valence-electron chi connectivity index (χ3n) is 2.79. The summed E-state index contributed by atoms with van der Waals surface area (Å²) in [6, 6.07) is 8.49. The van der Waals surface area contributed by atoms with Crippen molar-refractivity contribution in [1.29, 1.82) is 0 Å². The Kier molecular flexibility index (Phi) is 9.25. The Balaban J connectivity index is 0.00000154. The molecule has 0 aromatic heterocycles. The number of hydrogen-bond donors (Lipinski definition) is 1. The van der Waals surface area contributed by atoms with Gasteiger partial charge in [0.15, 0.2) is 0 Å². The van der Waals surface area contributed by atoms with Crippen molar-refractivity contribution in [3.8, 4) is 0 Å². The first-order valence-electron chi connectivity index (χ1n) is 6.94. The molecule has 0 unspecified atom stereocenters. The van der Waals surface area contributed by atoms with Gasteiger partial charge in [-0.05, 0) is 49.6 Å². The van der Waals surface area contributed by atoms with Crippen molar-refractivity contribution < 1.29 is 0 Å². The van der Waals surface area contributed by atoms with E-state index in [1.807, 2.05) is 19.9 Å². The normalized spacial score (nSPS) is 11.6. The largest absolute Gasteiger partial charge is 0.404 e. The summed E-state index contributed by atoms with van der Waals surface area (Å²) in [5.41, 5.74) is 10.6. The van der Waals surface area contributed by atoms with Crippen LogP contribution in [0.1, 0.15) is 44.7 Å². The van der Waals surface area contributed by atoms with Crippen molar-refractivity contribution in [2.24, 2.45) is 5.73 Å². The van der Waals surface area contributed by atoms with Gasteiger partial charge < -0.3 is 5.73 Å². The third kappa shape index (κ3) is 6.66. The lowest BCUT2D eigenvalue weighted by Gasteiger charge is -2.06. The van der Waals surface area contributed by atoms with Gasteiger partial charge in [-0.25, -0.2) is 0 Å². The third-order valence-corrected chi connectivity index (χ3v) is 2.79. The van der Waals surface area contributed by atoms with Gasteiger partial charge in [0.25, 0.3) is 0 Å². The van der Waals surface area contributed by atoms with E-state index in [-0.39, 0.29) is 0 Å². The molecule has 0 saturated heterocycles. The van der Waals surface area contributed by atoms with Crippen molar-refractivity contribution in [1.82, 2.24) is 0 Å². The Bertz CT molecular complexity index is 422. The predicted molar refractivity (Wildman–Crippen MR) is 87.9 cm³/mol. The van der Waals surface area contributed by atoms with E-state index in [2.05, 4.69) is 50.8 Å². The molecule has 0 amide bonds. The van der Waals surface area contributed by atoms with Gasteiger partial charge in [0.2, 0.25) is 0 Å². The highest BCUT2D eigenvalue weighted by atomic mass is 14.5. The van der Waals surface area contributed by atoms with Gasteiger partial charge >= 0.3 is 0 Å². The second kappa shape index (κ2) is 10.2. The monoisotopic (exact) mass is 257 g/mol. The first-order chi connectivity index (χ1) is 9.17. The lowest BCUT2D eigenvalue weighted by atomic mass is 10.0. The minimum absolute atomic E-state index is 0.953. The molecule has 0 fully saturated rings. The molecule has 0 bridgehead atoms. The van der Waals surface area contributed by atoms with Crippen molar-refractivity contribution >= 4 is 6.08 Å². The highest BCUT2D eigenvalue weighted by Crippen LogP contribution is 2.18. The van der Waals surface area contributed by atoms with Crippen LogP contribution in [0.2, 0.25) is 0 Å². The van der Waals surface area contributed by atoms with Gasteiger partial charge in [-0.15, -0.1) is 6.58 Å². The summed E-state index contributed by atoms with van der Waals surface area (Å²) >= 11 is 0. The maximum Gasteiger partial charge on any atom is -0.00269 e. The lowest BCUT2D eigenvalue weighted by molar-refractivity contribution is 0.983. The van der Waals surface area contributed by atoms with Crippen LogP contribution in [0, 0.1) is 6.92 Å². The van der Waals surface area contributed by atoms with Crippen molar-refractivity contribution in [3.05, 3.63) is 65.4 Å². The van der Waals surface area contributed by atoms with Crippen molar-refractivity contribution in [2.75, 3.05) is 0 Å². The molecule has 0 aliphatic carbocycles. The fourth-order valence-corrected chi connectivity index (χ4v) is 1.67. The summed E-state index contributed by atoms with van der Waals surface area (Å²) in [5.74, 6) is 0. The van der Waals surface area contributed by atoms with Crippen LogP contribution >= 0.6 is 0 Å². The Morgan fingerprint density at radius 2 is 1.79 bits per heavy atom. The molecule has 0 saturated carbocycles. The molecule has 1 heteroatoms. The molecular weight excluding hydrogens is 230 g/mol. The Morgan fingerprint density at radius 3 is 2.26 bits per heavy atom. The van der Waals surface area contributed by atoms with Gasteiger partial charge in [0.1, 0.15) is 0 Å². The molecule has 0 spiro atoms. The topological polar surface area (TPSA) is 26.0 Å². The maximum atomic E-state index is 5.66. The summed E-state index contributed by atoms with van der Waals surface area (Å²) in [4.78, 5) is 0. The second-order valence-corrected chi connectivity index (χ2v) is 4.26. The zero-order chi connectivity index (χ0) is 14.7. The molecule has 0 aliphatic rings. The SMILES string of the molecule is C=CCCC(=C\N)/C(C)=C/c1ccc(C)cc1.CC. The first kappa shape index (κ1) is 17.2. The molecule has 0 aliphatic heterocycles. The van der Waals surface area contributed by atoms with E-state index in [1.54, 1.807) is 6.20 Å². The fourth-order valence-electron chi connectivity index (χ4n) is 1.67. The number of benzene rings is 1. The van der Waals surface area contributed by atoms with Crippen LogP contribution in [0.15, 0.2) is 54.3 Å². The average Bonchev–Trinajstić information content (AvgIpc) is 2.44. The zero-order valence-corrected chi connectivity index (χ0v) is 12.7. The minimum atomic E-state index is 0.953. The Morgan fingerprint density at radius 1 is 1.21 bits per heavy atom. The van der Waals surface area contributed by atoms with Crippen LogP contribution in [0.4, 0.5) is 0 Å². The smallest absolute Gasteiger partial charge is 0.00269 e. The van der Waals surface area contributed by atoms with E-state index in [0.29, 0.717) is 0 Å². The van der Waals surface area contributed by atoms with Gasteiger partial charge in [-0.1, -0.05) is 55.8 Å². The Labute approximate surface area is 118 Å². The standard InChI is InChI=1S/C16H21N.C2H6/c1-4-5-6-16(12-17)14(3)11-15-9-7-13(2)8-10-15;1-2/h4,7-12H,1,5-6,17H2,2-3H3;1-2H3/b14-11+,16-12+;. The molecular formula is C18H27N. The molecule has 104 valence electrons. The van der Waals surface area contributed by atoms with Crippen molar-refractivity contribution in [3.63, 3.8) is 0 Å². The number of rotatable bonds is 5. The minimum Gasteiger partial charge on any atom is -0.404 e. The van der Waals surface area contributed by atoms with Gasteiger partial charge in [-0.3, -0.25) is 0 Å². The summed E-state index contributed by atoms with van der Waals surface area (Å²) in [6.45, 7) is 11.9. The summed E-state index contributed by atoms with van der Waals surface area (Å²) in [7, 11) is 0. The van der Waals surface area contributed by atoms with Crippen LogP contribution in [0.25, 0.3) is 6.08 Å². The number of aryl methyl sites for hydroxylation is 1. The van der Waals surface area contributed by atoms with Gasteiger partial charge in [-0.2, -0.15) is 0 Å². The van der Waals surface area contributed by atoms with Crippen LogP contribution in [0.3, 0.4) is 0 Å². The van der Waals surface area contributed by atoms with Crippen LogP contribution in [-0.4, -0.2) is 0 Å². The molecule has 1 aromatic rings. The van der Waals surface area contributed by atoms with E-state index in [9.17, 15) is 0 Å². The van der Waals surface area contributed by atoms with Crippen molar-refractivity contribution in [2.45, 2.75) is 40.5 Å². The average molecular weight is 257 g/mol. The molecule has 0 atom stereocenters. The Hall–Kier alpha value is -1.76. The molecule has 1 nitrogen and oxygen atoms in total. The fraction of sp³-hybridized carbons (Fsp3) is 0.333. The van der Waals surface area contributed by atoms with Crippen LogP contribution in [0.5, 0.6) is 0 Å². The summed E-state index contributed by atoms with van der Waals surface area (Å²) < 4.78 is 0. The molecule has 2 N–H and O–H groups in total. The van der Waals surface area contributed by atoms with Gasteiger partial charge in [0, 0.05) is 0 Å². The molecule has 1 aromatic carbocycles. The molecule has 0 radical (unpaired) electrons. The van der Waals surface area contributed by atoms with Gasteiger partial charge in [0.05, 0.1) is 0 Å². The summed E-state index contributed by atoms with van der Waals surface area (Å²) in [5, 5.41) is 0. The molecule has 1 rings (SSSR count). The van der Waals surface area contributed by atoms with E-state index in [1.165, 1.54) is 22.3 Å². The maximum absolute atomic E-state index is 5.66. The summed E-state index contributed by atoms with van der Waals surface area (Å²) in [6.07, 6.45) is 7.70. The predicted octanol–water partition coefficient (Wildman–Crippen LogP) is 5.23. The van der Waals surface area contributed by atoms with Crippen LogP contribution in [-0.2, 0) is 0 Å². The molecule has 19 heavy (non-hydrogen) atoms. The highest BCUT2D eigenvalue weighted by Gasteiger charge is 1.99. The molecule has 0 heterocycles. The number of hydrogen-bond acceptors (Lipinski definition) is 1. The van der Waals surface area contributed by atoms with E-state index < -0.39 is 0 Å². The quantitative estimate of drug-likeness (QED) is 0.567. The lowest BCUT2D eigenvalue weighted by Crippen LogP contribution is -1.91. The van der Waals surface area contributed by atoms with E-state index in [0.717, 1.165) is 12.8 Å². The van der Waals surface area contributed by atoms with E-state index >= 15 is 0 Å².